The minimum atomic E-state index is -0.211. The third-order valence-corrected chi connectivity index (χ3v) is 2.70. The Morgan fingerprint density at radius 1 is 1.40 bits per heavy atom. The van der Waals surface area contributed by atoms with Crippen LogP contribution in [0.5, 0.6) is 0 Å². The highest BCUT2D eigenvalue weighted by molar-refractivity contribution is 5.75. The Morgan fingerprint density at radius 3 is 2.60 bits per heavy atom. The van der Waals surface area contributed by atoms with E-state index in [1.165, 1.54) is 0 Å². The summed E-state index contributed by atoms with van der Waals surface area (Å²) in [6.07, 6.45) is 3.07. The Balaban J connectivity index is 2.37. The molecule has 0 heterocycles. The van der Waals surface area contributed by atoms with Crippen molar-refractivity contribution in [3.05, 3.63) is 0 Å². The average Bonchev–Trinajstić information content (AvgIpc) is 2.48. The molecule has 0 spiro atoms. The van der Waals surface area contributed by atoms with Crippen LogP contribution in [0.15, 0.2) is 0 Å². The van der Waals surface area contributed by atoms with E-state index in [2.05, 4.69) is 10.6 Å². The summed E-state index contributed by atoms with van der Waals surface area (Å²) in [6, 6.07) is 0.00481. The van der Waals surface area contributed by atoms with Gasteiger partial charge in [0.2, 0.25) is 0 Å². The number of aliphatic hydroxyl groups excluding tert-OH is 1. The molecule has 4 heteroatoms. The molecular weight excluding hydrogens is 192 g/mol. The third-order valence-electron chi connectivity index (χ3n) is 2.70. The SMILES string of the molecule is CC(C)(C)NC(=O)NC1CCCC1CO. The number of aliphatic hydroxyl groups is 1. The smallest absolute Gasteiger partial charge is 0.315 e. The summed E-state index contributed by atoms with van der Waals surface area (Å²) in [5, 5.41) is 14.9. The van der Waals surface area contributed by atoms with Crippen LogP contribution in [0.1, 0.15) is 40.0 Å². The van der Waals surface area contributed by atoms with Crippen LogP contribution in [0.3, 0.4) is 0 Å². The fourth-order valence-corrected chi connectivity index (χ4v) is 1.99. The number of nitrogens with one attached hydrogen (secondary N) is 2. The van der Waals surface area contributed by atoms with E-state index in [-0.39, 0.29) is 30.1 Å². The van der Waals surface area contributed by atoms with Gasteiger partial charge in [-0.2, -0.15) is 0 Å². The first-order chi connectivity index (χ1) is 6.92. The van der Waals surface area contributed by atoms with Gasteiger partial charge < -0.3 is 15.7 Å². The fourth-order valence-electron chi connectivity index (χ4n) is 1.99. The lowest BCUT2D eigenvalue weighted by Gasteiger charge is -2.24. The first-order valence-electron chi connectivity index (χ1n) is 5.62. The highest BCUT2D eigenvalue weighted by Gasteiger charge is 2.28. The summed E-state index contributed by atoms with van der Waals surface area (Å²) < 4.78 is 0. The molecule has 1 saturated carbocycles. The van der Waals surface area contributed by atoms with Crippen molar-refractivity contribution in [1.29, 1.82) is 0 Å². The first-order valence-corrected chi connectivity index (χ1v) is 5.62. The van der Waals surface area contributed by atoms with Gasteiger partial charge in [0.15, 0.2) is 0 Å². The van der Waals surface area contributed by atoms with Gasteiger partial charge in [-0.15, -0.1) is 0 Å². The number of urea groups is 1. The molecule has 15 heavy (non-hydrogen) atoms. The van der Waals surface area contributed by atoms with Gasteiger partial charge in [0.1, 0.15) is 0 Å². The Morgan fingerprint density at radius 2 is 2.07 bits per heavy atom. The van der Waals surface area contributed by atoms with Crippen molar-refractivity contribution < 1.29 is 9.90 Å². The molecule has 1 aliphatic rings. The highest BCUT2D eigenvalue weighted by Crippen LogP contribution is 2.24. The van der Waals surface area contributed by atoms with Crippen molar-refractivity contribution in [2.75, 3.05) is 6.61 Å². The van der Waals surface area contributed by atoms with E-state index >= 15 is 0 Å². The van der Waals surface area contributed by atoms with E-state index in [9.17, 15) is 4.79 Å². The second-order valence-electron chi connectivity index (χ2n) is 5.33. The lowest BCUT2D eigenvalue weighted by atomic mass is 10.1. The molecule has 2 unspecified atom stereocenters. The van der Waals surface area contributed by atoms with Crippen LogP contribution in [0, 0.1) is 5.92 Å². The molecule has 88 valence electrons. The molecule has 0 saturated heterocycles. The molecule has 4 nitrogen and oxygen atoms in total. The second kappa shape index (κ2) is 4.84. The van der Waals surface area contributed by atoms with Gasteiger partial charge in [0, 0.05) is 24.1 Å². The first kappa shape index (κ1) is 12.3. The van der Waals surface area contributed by atoms with Gasteiger partial charge in [-0.25, -0.2) is 4.79 Å². The highest BCUT2D eigenvalue weighted by atomic mass is 16.3. The molecule has 3 N–H and O–H groups in total. The predicted molar refractivity (Wildman–Crippen MR) is 59.6 cm³/mol. The maximum absolute atomic E-state index is 11.6. The molecule has 0 aliphatic heterocycles. The summed E-state index contributed by atoms with van der Waals surface area (Å²) in [6.45, 7) is 6.01. The maximum atomic E-state index is 11.6. The minimum Gasteiger partial charge on any atom is -0.396 e. The van der Waals surface area contributed by atoms with Crippen LogP contribution in [0.4, 0.5) is 4.79 Å². The largest absolute Gasteiger partial charge is 0.396 e. The lowest BCUT2D eigenvalue weighted by molar-refractivity contribution is 0.196. The molecule has 0 aromatic heterocycles. The molecule has 0 aromatic rings. The summed E-state index contributed by atoms with van der Waals surface area (Å²) >= 11 is 0. The van der Waals surface area contributed by atoms with E-state index in [4.69, 9.17) is 5.11 Å². The van der Waals surface area contributed by atoms with Crippen molar-refractivity contribution >= 4 is 6.03 Å². The Bertz CT molecular complexity index is 223. The van der Waals surface area contributed by atoms with E-state index in [0.29, 0.717) is 0 Å². The van der Waals surface area contributed by atoms with Crippen LogP contribution >= 0.6 is 0 Å². The molecule has 2 amide bonds. The van der Waals surface area contributed by atoms with Crippen LogP contribution in [-0.4, -0.2) is 29.3 Å². The van der Waals surface area contributed by atoms with Gasteiger partial charge in [-0.05, 0) is 33.6 Å². The van der Waals surface area contributed by atoms with Crippen molar-refractivity contribution in [3.8, 4) is 0 Å². The third kappa shape index (κ3) is 4.08. The van der Waals surface area contributed by atoms with E-state index in [1.807, 2.05) is 20.8 Å². The number of rotatable bonds is 2. The molecule has 0 radical (unpaired) electrons. The van der Waals surface area contributed by atoms with Crippen LogP contribution in [0.25, 0.3) is 0 Å². The van der Waals surface area contributed by atoms with E-state index in [1.54, 1.807) is 0 Å². The monoisotopic (exact) mass is 214 g/mol. The van der Waals surface area contributed by atoms with Crippen molar-refractivity contribution in [3.63, 3.8) is 0 Å². The molecule has 0 aromatic carbocycles. The Labute approximate surface area is 91.4 Å². The van der Waals surface area contributed by atoms with E-state index in [0.717, 1.165) is 19.3 Å². The van der Waals surface area contributed by atoms with Crippen molar-refractivity contribution in [2.24, 2.45) is 5.92 Å². The zero-order valence-corrected chi connectivity index (χ0v) is 9.84. The standard InChI is InChI=1S/C11H22N2O2/c1-11(2,3)13-10(15)12-9-6-4-5-8(9)7-14/h8-9,14H,4-7H2,1-3H3,(H2,12,13,15). The molecule has 1 rings (SSSR count). The topological polar surface area (TPSA) is 61.4 Å². The lowest BCUT2D eigenvalue weighted by Crippen LogP contribution is -2.50. The van der Waals surface area contributed by atoms with Crippen LogP contribution in [0.2, 0.25) is 0 Å². The van der Waals surface area contributed by atoms with Crippen molar-refractivity contribution in [1.82, 2.24) is 10.6 Å². The summed E-state index contributed by atoms with van der Waals surface area (Å²) in [5.74, 6) is 0.232. The maximum Gasteiger partial charge on any atom is 0.315 e. The molecule has 2 atom stereocenters. The number of carbonyl (C=O) groups is 1. The molecular formula is C11H22N2O2. The number of hydrogen-bond acceptors (Lipinski definition) is 2. The number of carbonyl (C=O) groups excluding carboxylic acids is 1. The van der Waals surface area contributed by atoms with Crippen LogP contribution < -0.4 is 10.6 Å². The normalized spacial score (nSPS) is 26.4. The predicted octanol–water partition coefficient (Wildman–Crippen LogP) is 1.25. The molecule has 0 bridgehead atoms. The van der Waals surface area contributed by atoms with Crippen LogP contribution in [-0.2, 0) is 0 Å². The second-order valence-corrected chi connectivity index (χ2v) is 5.33. The molecule has 1 fully saturated rings. The van der Waals surface area contributed by atoms with Gasteiger partial charge in [0.05, 0.1) is 0 Å². The fraction of sp³-hybridized carbons (Fsp3) is 0.909. The summed E-state index contributed by atoms with van der Waals surface area (Å²) in [7, 11) is 0. The quantitative estimate of drug-likeness (QED) is 0.647. The van der Waals surface area contributed by atoms with Gasteiger partial charge in [-0.3, -0.25) is 0 Å². The Kier molecular flexibility index (Phi) is 3.97. The zero-order valence-electron chi connectivity index (χ0n) is 9.84. The molecule has 1 aliphatic carbocycles. The summed E-state index contributed by atoms with van der Waals surface area (Å²) in [4.78, 5) is 11.6. The zero-order chi connectivity index (χ0) is 11.5. The van der Waals surface area contributed by atoms with Gasteiger partial charge >= 0.3 is 6.03 Å². The summed E-state index contributed by atoms with van der Waals surface area (Å²) in [5.41, 5.74) is -0.211. The average molecular weight is 214 g/mol. The Hall–Kier alpha value is -0.770. The van der Waals surface area contributed by atoms with Gasteiger partial charge in [0.25, 0.3) is 0 Å². The number of amides is 2. The number of hydrogen-bond donors (Lipinski definition) is 3. The van der Waals surface area contributed by atoms with E-state index < -0.39 is 0 Å². The minimum absolute atomic E-state index is 0.132. The van der Waals surface area contributed by atoms with Gasteiger partial charge in [-0.1, -0.05) is 6.42 Å². The van der Waals surface area contributed by atoms with Crippen molar-refractivity contribution in [2.45, 2.75) is 51.6 Å².